The van der Waals surface area contributed by atoms with E-state index >= 15 is 0 Å². The second-order valence-electron chi connectivity index (χ2n) is 8.44. The lowest BCUT2D eigenvalue weighted by Gasteiger charge is -2.58. The minimum absolute atomic E-state index is 0.191. The van der Waals surface area contributed by atoms with Crippen LogP contribution >= 0.6 is 0 Å². The van der Waals surface area contributed by atoms with Crippen LogP contribution in [0.15, 0.2) is 0 Å². The van der Waals surface area contributed by atoms with Gasteiger partial charge in [0.05, 0.1) is 0 Å². The molecule has 4 saturated carbocycles. The smallest absolute Gasteiger partial charge is 0.207 e. The zero-order valence-corrected chi connectivity index (χ0v) is 13.9. The highest BCUT2D eigenvalue weighted by atomic mass is 19.3. The summed E-state index contributed by atoms with van der Waals surface area (Å²) >= 11 is 0. The Balaban J connectivity index is 1.69. The Morgan fingerprint density at radius 3 is 2.00 bits per heavy atom. The van der Waals surface area contributed by atoms with E-state index in [9.17, 15) is 8.78 Å². The Morgan fingerprint density at radius 1 is 0.905 bits per heavy atom. The molecule has 4 aliphatic carbocycles. The molecule has 0 saturated heterocycles. The highest BCUT2D eigenvalue weighted by Crippen LogP contribution is 2.64. The molecule has 2 unspecified atom stereocenters. The van der Waals surface area contributed by atoms with Crippen LogP contribution in [0.3, 0.4) is 0 Å². The molecule has 2 atom stereocenters. The van der Waals surface area contributed by atoms with Gasteiger partial charge in [0.15, 0.2) is 0 Å². The van der Waals surface area contributed by atoms with E-state index in [-0.39, 0.29) is 17.8 Å². The number of hydrogen-bond acceptors (Lipinski definition) is 0. The van der Waals surface area contributed by atoms with Crippen molar-refractivity contribution in [2.45, 2.75) is 96.8 Å². The highest BCUT2D eigenvalue weighted by Gasteiger charge is 2.55. The van der Waals surface area contributed by atoms with Gasteiger partial charge in [-0.3, -0.25) is 0 Å². The van der Waals surface area contributed by atoms with Crippen molar-refractivity contribution in [2.75, 3.05) is 0 Å². The first-order chi connectivity index (χ1) is 9.95. The molecule has 0 amide bonds. The van der Waals surface area contributed by atoms with Gasteiger partial charge in [0.25, 0.3) is 5.92 Å². The molecule has 122 valence electrons. The van der Waals surface area contributed by atoms with Crippen molar-refractivity contribution >= 4 is 0 Å². The fourth-order valence-electron chi connectivity index (χ4n) is 5.87. The van der Waals surface area contributed by atoms with Gasteiger partial charge in [-0.1, -0.05) is 26.7 Å². The Morgan fingerprint density at radius 2 is 1.52 bits per heavy atom. The Hall–Kier alpha value is -0.140. The van der Waals surface area contributed by atoms with Crippen molar-refractivity contribution in [2.24, 2.45) is 22.7 Å². The minimum atomic E-state index is -2.40. The molecule has 0 radical (unpaired) electrons. The predicted octanol–water partition coefficient (Wildman–Crippen LogP) is 6.59. The van der Waals surface area contributed by atoms with Gasteiger partial charge in [0.1, 0.15) is 0 Å². The fraction of sp³-hybridized carbons (Fsp3) is 1.00. The molecule has 4 aliphatic rings. The normalized spacial score (nSPS) is 45.7. The molecule has 2 heteroatoms. The summed E-state index contributed by atoms with van der Waals surface area (Å²) in [6.07, 6.45) is 12.6. The zero-order valence-electron chi connectivity index (χ0n) is 13.9. The monoisotopic (exact) mass is 298 g/mol. The molecule has 4 rings (SSSR count). The SMILES string of the molecule is CCCC1CCC(C23CCC(CC)(CC2)CC3)CC1(F)F. The maximum absolute atomic E-state index is 14.5. The van der Waals surface area contributed by atoms with Crippen molar-refractivity contribution in [3.05, 3.63) is 0 Å². The largest absolute Gasteiger partial charge is 0.251 e. The van der Waals surface area contributed by atoms with Crippen LogP contribution in [0, 0.1) is 22.7 Å². The van der Waals surface area contributed by atoms with Crippen molar-refractivity contribution < 1.29 is 8.78 Å². The summed E-state index contributed by atoms with van der Waals surface area (Å²) in [5.41, 5.74) is 0.876. The van der Waals surface area contributed by atoms with Crippen LogP contribution in [0.2, 0.25) is 0 Å². The van der Waals surface area contributed by atoms with E-state index in [1.54, 1.807) is 0 Å². The van der Waals surface area contributed by atoms with E-state index in [4.69, 9.17) is 0 Å². The summed E-state index contributed by atoms with van der Waals surface area (Å²) in [5.74, 6) is -2.43. The van der Waals surface area contributed by atoms with Crippen molar-refractivity contribution in [3.63, 3.8) is 0 Å². The average molecular weight is 298 g/mol. The summed E-state index contributed by atoms with van der Waals surface area (Å²) in [4.78, 5) is 0. The van der Waals surface area contributed by atoms with Gasteiger partial charge < -0.3 is 0 Å². The van der Waals surface area contributed by atoms with Gasteiger partial charge >= 0.3 is 0 Å². The third-order valence-electron chi connectivity index (χ3n) is 7.69. The third-order valence-corrected chi connectivity index (χ3v) is 7.69. The zero-order chi connectivity index (χ0) is 15.1. The van der Waals surface area contributed by atoms with Crippen LogP contribution in [0.25, 0.3) is 0 Å². The second-order valence-corrected chi connectivity index (χ2v) is 8.44. The van der Waals surface area contributed by atoms with E-state index in [1.807, 2.05) is 6.92 Å². The Kier molecular flexibility index (Phi) is 4.12. The molecule has 4 fully saturated rings. The number of rotatable bonds is 4. The van der Waals surface area contributed by atoms with Crippen LogP contribution in [0.1, 0.15) is 90.9 Å². The van der Waals surface area contributed by atoms with Gasteiger partial charge in [-0.2, -0.15) is 0 Å². The van der Waals surface area contributed by atoms with Crippen molar-refractivity contribution in [3.8, 4) is 0 Å². The first-order valence-corrected chi connectivity index (χ1v) is 9.33. The Labute approximate surface area is 129 Å². The quantitative estimate of drug-likeness (QED) is 0.549. The summed E-state index contributed by atoms with van der Waals surface area (Å²) in [7, 11) is 0. The van der Waals surface area contributed by atoms with Gasteiger partial charge in [-0.25, -0.2) is 8.78 Å². The van der Waals surface area contributed by atoms with Crippen LogP contribution in [0.5, 0.6) is 0 Å². The van der Waals surface area contributed by atoms with Gasteiger partial charge in [0.2, 0.25) is 0 Å². The number of fused-ring (bicyclic) bond motifs is 3. The second kappa shape index (κ2) is 5.49. The van der Waals surface area contributed by atoms with Crippen LogP contribution in [-0.2, 0) is 0 Å². The molecule has 0 aromatic carbocycles. The molecule has 0 spiro atoms. The van der Waals surface area contributed by atoms with Gasteiger partial charge in [-0.15, -0.1) is 0 Å². The summed E-state index contributed by atoms with van der Waals surface area (Å²) < 4.78 is 29.0. The van der Waals surface area contributed by atoms with E-state index in [2.05, 4.69) is 6.92 Å². The standard InChI is InChI=1S/C19H32F2/c1-3-5-15-6-7-16(14-19(15,20)21)18-11-8-17(4-2,9-12-18)10-13-18/h15-16H,3-14H2,1-2H3. The first-order valence-electron chi connectivity index (χ1n) is 9.33. The fourth-order valence-corrected chi connectivity index (χ4v) is 5.87. The first kappa shape index (κ1) is 15.7. The minimum Gasteiger partial charge on any atom is -0.207 e. The van der Waals surface area contributed by atoms with E-state index < -0.39 is 5.92 Å². The molecule has 21 heavy (non-hydrogen) atoms. The molecule has 0 aromatic heterocycles. The highest BCUT2D eigenvalue weighted by molar-refractivity contribution is 5.04. The topological polar surface area (TPSA) is 0 Å². The molecular weight excluding hydrogens is 266 g/mol. The van der Waals surface area contributed by atoms with E-state index in [1.165, 1.54) is 44.9 Å². The molecule has 0 heterocycles. The molecule has 0 nitrogen and oxygen atoms in total. The lowest BCUT2D eigenvalue weighted by molar-refractivity contribution is -0.147. The number of hydrogen-bond donors (Lipinski definition) is 0. The maximum Gasteiger partial charge on any atom is 0.251 e. The number of alkyl halides is 2. The molecule has 0 aromatic rings. The Bertz CT molecular complexity index is 349. The average Bonchev–Trinajstić information content (AvgIpc) is 2.51. The third kappa shape index (κ3) is 2.65. The molecule has 0 aliphatic heterocycles. The van der Waals surface area contributed by atoms with E-state index in [0.29, 0.717) is 17.8 Å². The lowest BCUT2D eigenvalue weighted by Crippen LogP contribution is -2.49. The summed E-state index contributed by atoms with van der Waals surface area (Å²) in [6, 6.07) is 0. The molecular formula is C19H32F2. The van der Waals surface area contributed by atoms with Crippen LogP contribution in [0.4, 0.5) is 8.78 Å². The molecule has 0 N–H and O–H groups in total. The van der Waals surface area contributed by atoms with E-state index in [0.717, 1.165) is 19.3 Å². The van der Waals surface area contributed by atoms with Gasteiger partial charge in [0, 0.05) is 12.3 Å². The van der Waals surface area contributed by atoms with Crippen LogP contribution < -0.4 is 0 Å². The predicted molar refractivity (Wildman–Crippen MR) is 83.5 cm³/mol. The van der Waals surface area contributed by atoms with Gasteiger partial charge in [-0.05, 0) is 74.5 Å². The van der Waals surface area contributed by atoms with Crippen molar-refractivity contribution in [1.29, 1.82) is 0 Å². The van der Waals surface area contributed by atoms with Crippen molar-refractivity contribution in [1.82, 2.24) is 0 Å². The maximum atomic E-state index is 14.5. The summed E-state index contributed by atoms with van der Waals surface area (Å²) in [5, 5.41) is 0. The number of halogens is 2. The van der Waals surface area contributed by atoms with Crippen LogP contribution in [-0.4, -0.2) is 5.92 Å². The molecule has 2 bridgehead atoms. The lowest BCUT2D eigenvalue weighted by atomic mass is 9.47. The summed E-state index contributed by atoms with van der Waals surface area (Å²) in [6.45, 7) is 4.36.